The minimum absolute atomic E-state index is 0.259. The first-order chi connectivity index (χ1) is 9.74. The van der Waals surface area contributed by atoms with Crippen LogP contribution >= 0.6 is 0 Å². The van der Waals surface area contributed by atoms with Gasteiger partial charge < -0.3 is 15.2 Å². The molecule has 1 aliphatic heterocycles. The maximum atomic E-state index is 6.02. The Labute approximate surface area is 121 Å². The van der Waals surface area contributed by atoms with Crippen molar-refractivity contribution >= 4 is 0 Å². The highest BCUT2D eigenvalue weighted by atomic mass is 16.5. The molecule has 1 saturated heterocycles. The Balaban J connectivity index is 2.09. The Hall–Kier alpha value is -1.10. The molecule has 2 unspecified atom stereocenters. The largest absolute Gasteiger partial charge is 0.494 e. The summed E-state index contributed by atoms with van der Waals surface area (Å²) >= 11 is 0. The zero-order valence-electron chi connectivity index (χ0n) is 12.5. The topological polar surface area (TPSA) is 47.7 Å². The molecule has 0 amide bonds. The van der Waals surface area contributed by atoms with Gasteiger partial charge in [0.2, 0.25) is 0 Å². The van der Waals surface area contributed by atoms with Crippen molar-refractivity contribution in [2.24, 2.45) is 5.73 Å². The van der Waals surface area contributed by atoms with Crippen LogP contribution in [0, 0.1) is 0 Å². The molecule has 2 rings (SSSR count). The average molecular weight is 278 g/mol. The van der Waals surface area contributed by atoms with Crippen LogP contribution in [0.5, 0.6) is 5.75 Å². The summed E-state index contributed by atoms with van der Waals surface area (Å²) in [4.78, 5) is 2.44. The third-order valence-corrected chi connectivity index (χ3v) is 3.72. The first-order valence-electron chi connectivity index (χ1n) is 7.53. The van der Waals surface area contributed by atoms with Crippen LogP contribution in [0.2, 0.25) is 0 Å². The lowest BCUT2D eigenvalue weighted by molar-refractivity contribution is 0.0612. The molecule has 0 bridgehead atoms. The number of hydrogen-bond donors (Lipinski definition) is 1. The molecule has 1 aliphatic rings. The van der Waals surface area contributed by atoms with Crippen LogP contribution in [-0.2, 0) is 4.74 Å². The molecule has 20 heavy (non-hydrogen) atoms. The lowest BCUT2D eigenvalue weighted by Crippen LogP contribution is -2.37. The van der Waals surface area contributed by atoms with E-state index in [1.165, 1.54) is 5.56 Å². The molecule has 0 radical (unpaired) electrons. The van der Waals surface area contributed by atoms with Crippen LogP contribution in [0.15, 0.2) is 24.3 Å². The molecule has 1 aromatic rings. The average Bonchev–Trinajstić information content (AvgIpc) is 2.67. The number of hydrogen-bond acceptors (Lipinski definition) is 4. The summed E-state index contributed by atoms with van der Waals surface area (Å²) in [5.41, 5.74) is 7.27. The molecule has 4 nitrogen and oxygen atoms in total. The van der Waals surface area contributed by atoms with Gasteiger partial charge in [0, 0.05) is 32.3 Å². The fourth-order valence-corrected chi connectivity index (χ4v) is 2.76. The molecule has 2 N–H and O–H groups in total. The van der Waals surface area contributed by atoms with E-state index in [2.05, 4.69) is 24.0 Å². The van der Waals surface area contributed by atoms with Gasteiger partial charge in [0.05, 0.1) is 12.7 Å². The number of nitrogens with two attached hydrogens (primary N) is 1. The SMILES string of the molecule is CCOc1ccc(C(CN)N2CCCOC(C)C2)cc1. The molecular weight excluding hydrogens is 252 g/mol. The van der Waals surface area contributed by atoms with Crippen LogP contribution < -0.4 is 10.5 Å². The molecule has 0 aliphatic carbocycles. The quantitative estimate of drug-likeness (QED) is 0.897. The Morgan fingerprint density at radius 2 is 2.15 bits per heavy atom. The first-order valence-corrected chi connectivity index (χ1v) is 7.53. The predicted octanol–water partition coefficient (Wildman–Crippen LogP) is 2.20. The highest BCUT2D eigenvalue weighted by Gasteiger charge is 2.23. The summed E-state index contributed by atoms with van der Waals surface area (Å²) in [7, 11) is 0. The number of rotatable bonds is 5. The van der Waals surface area contributed by atoms with Crippen molar-refractivity contribution < 1.29 is 9.47 Å². The molecular formula is C16H26N2O2. The molecule has 0 aromatic heterocycles. The molecule has 1 heterocycles. The van der Waals surface area contributed by atoms with Gasteiger partial charge in [0.1, 0.15) is 5.75 Å². The van der Waals surface area contributed by atoms with Gasteiger partial charge in [-0.2, -0.15) is 0 Å². The Kier molecular flexibility index (Phi) is 5.83. The monoisotopic (exact) mass is 278 g/mol. The number of nitrogens with zero attached hydrogens (tertiary/aromatic N) is 1. The second-order valence-electron chi connectivity index (χ2n) is 5.28. The normalized spacial score (nSPS) is 22.2. The summed E-state index contributed by atoms with van der Waals surface area (Å²) in [6.45, 7) is 8.27. The lowest BCUT2D eigenvalue weighted by atomic mass is 10.0. The van der Waals surface area contributed by atoms with Gasteiger partial charge in [0.15, 0.2) is 0 Å². The minimum Gasteiger partial charge on any atom is -0.494 e. The van der Waals surface area contributed by atoms with E-state index in [1.807, 2.05) is 19.1 Å². The van der Waals surface area contributed by atoms with E-state index in [-0.39, 0.29) is 12.1 Å². The zero-order chi connectivity index (χ0) is 14.4. The van der Waals surface area contributed by atoms with Crippen molar-refractivity contribution in [2.45, 2.75) is 32.4 Å². The van der Waals surface area contributed by atoms with E-state index in [0.29, 0.717) is 13.2 Å². The molecule has 1 aromatic carbocycles. The highest BCUT2D eigenvalue weighted by molar-refractivity contribution is 5.29. The Bertz CT molecular complexity index is 394. The van der Waals surface area contributed by atoms with Gasteiger partial charge in [-0.1, -0.05) is 12.1 Å². The predicted molar refractivity (Wildman–Crippen MR) is 81.0 cm³/mol. The summed E-state index contributed by atoms with van der Waals surface area (Å²) in [5.74, 6) is 0.916. The van der Waals surface area contributed by atoms with Crippen LogP contribution in [0.3, 0.4) is 0 Å². The van der Waals surface area contributed by atoms with Gasteiger partial charge in [0.25, 0.3) is 0 Å². The van der Waals surface area contributed by atoms with E-state index < -0.39 is 0 Å². The van der Waals surface area contributed by atoms with Crippen molar-refractivity contribution in [3.63, 3.8) is 0 Å². The third kappa shape index (κ3) is 3.95. The minimum atomic E-state index is 0.259. The first kappa shape index (κ1) is 15.3. The summed E-state index contributed by atoms with van der Waals surface area (Å²) in [6, 6.07) is 8.56. The molecule has 4 heteroatoms. The highest BCUT2D eigenvalue weighted by Crippen LogP contribution is 2.24. The van der Waals surface area contributed by atoms with E-state index in [0.717, 1.165) is 31.9 Å². The molecule has 0 saturated carbocycles. The second-order valence-corrected chi connectivity index (χ2v) is 5.28. The lowest BCUT2D eigenvalue weighted by Gasteiger charge is -2.31. The summed E-state index contributed by atoms with van der Waals surface area (Å²) in [5, 5.41) is 0. The number of ether oxygens (including phenoxy) is 2. The van der Waals surface area contributed by atoms with E-state index in [4.69, 9.17) is 15.2 Å². The summed E-state index contributed by atoms with van der Waals surface area (Å²) < 4.78 is 11.2. The standard InChI is InChI=1S/C16H26N2O2/c1-3-19-15-7-5-14(6-8-15)16(11-17)18-9-4-10-20-13(2)12-18/h5-8,13,16H,3-4,9-12,17H2,1-2H3. The Morgan fingerprint density at radius 1 is 1.40 bits per heavy atom. The van der Waals surface area contributed by atoms with Crippen molar-refractivity contribution in [2.75, 3.05) is 32.8 Å². The van der Waals surface area contributed by atoms with E-state index >= 15 is 0 Å². The maximum absolute atomic E-state index is 6.02. The molecule has 0 spiro atoms. The molecule has 2 atom stereocenters. The maximum Gasteiger partial charge on any atom is 0.119 e. The molecule has 1 fully saturated rings. The summed E-state index contributed by atoms with van der Waals surface area (Å²) in [6.07, 6.45) is 1.34. The fourth-order valence-electron chi connectivity index (χ4n) is 2.76. The van der Waals surface area contributed by atoms with Crippen molar-refractivity contribution in [1.29, 1.82) is 0 Å². The van der Waals surface area contributed by atoms with Crippen LogP contribution in [0.1, 0.15) is 31.9 Å². The smallest absolute Gasteiger partial charge is 0.119 e. The molecule has 112 valence electrons. The van der Waals surface area contributed by atoms with Gasteiger partial charge in [-0.15, -0.1) is 0 Å². The van der Waals surface area contributed by atoms with E-state index in [9.17, 15) is 0 Å². The fraction of sp³-hybridized carbons (Fsp3) is 0.625. The van der Waals surface area contributed by atoms with E-state index in [1.54, 1.807) is 0 Å². The van der Waals surface area contributed by atoms with Crippen LogP contribution in [-0.4, -0.2) is 43.9 Å². The van der Waals surface area contributed by atoms with Crippen LogP contribution in [0.25, 0.3) is 0 Å². The third-order valence-electron chi connectivity index (χ3n) is 3.72. The second kappa shape index (κ2) is 7.62. The van der Waals surface area contributed by atoms with Crippen molar-refractivity contribution in [1.82, 2.24) is 4.90 Å². The van der Waals surface area contributed by atoms with Gasteiger partial charge in [-0.3, -0.25) is 4.90 Å². The number of benzene rings is 1. The van der Waals surface area contributed by atoms with Crippen LogP contribution in [0.4, 0.5) is 0 Å². The van der Waals surface area contributed by atoms with Crippen molar-refractivity contribution in [3.8, 4) is 5.75 Å². The van der Waals surface area contributed by atoms with Gasteiger partial charge in [-0.05, 0) is 38.0 Å². The zero-order valence-corrected chi connectivity index (χ0v) is 12.5. The van der Waals surface area contributed by atoms with Gasteiger partial charge >= 0.3 is 0 Å². The Morgan fingerprint density at radius 3 is 2.80 bits per heavy atom. The van der Waals surface area contributed by atoms with Gasteiger partial charge in [-0.25, -0.2) is 0 Å². The van der Waals surface area contributed by atoms with Crippen molar-refractivity contribution in [3.05, 3.63) is 29.8 Å².